The molecular formula is C21H27N3O3. The molecule has 2 saturated heterocycles. The molecule has 4 heterocycles. The second-order valence-corrected chi connectivity index (χ2v) is 7.74. The third-order valence-electron chi connectivity index (χ3n) is 5.76. The van der Waals surface area contributed by atoms with Crippen molar-refractivity contribution in [3.8, 4) is 11.3 Å². The smallest absolute Gasteiger partial charge is 0.225 e. The van der Waals surface area contributed by atoms with Crippen LogP contribution in [-0.2, 0) is 16.0 Å². The maximum absolute atomic E-state index is 12.7. The van der Waals surface area contributed by atoms with E-state index in [2.05, 4.69) is 16.1 Å². The van der Waals surface area contributed by atoms with E-state index in [9.17, 15) is 4.79 Å². The summed E-state index contributed by atoms with van der Waals surface area (Å²) in [5.41, 5.74) is 3.83. The molecule has 2 aromatic rings. The fourth-order valence-corrected chi connectivity index (χ4v) is 4.28. The minimum atomic E-state index is 0.151. The van der Waals surface area contributed by atoms with Crippen LogP contribution in [0.5, 0.6) is 0 Å². The number of carbonyl (C=O) groups excluding carboxylic acids is 1. The lowest BCUT2D eigenvalue weighted by atomic mass is 9.98. The SMILES string of the molecule is Cc1noc(C)c1-c1cccc(C[C@@H]2CCN(C(=O)C3CCOCC3)C2)n1. The second-order valence-electron chi connectivity index (χ2n) is 7.74. The van der Waals surface area contributed by atoms with Gasteiger partial charge in [-0.3, -0.25) is 9.78 Å². The molecule has 0 spiro atoms. The summed E-state index contributed by atoms with van der Waals surface area (Å²) in [5.74, 6) is 1.74. The minimum absolute atomic E-state index is 0.151. The summed E-state index contributed by atoms with van der Waals surface area (Å²) in [5, 5.41) is 4.03. The van der Waals surface area contributed by atoms with Crippen molar-refractivity contribution in [2.45, 2.75) is 39.5 Å². The quantitative estimate of drug-likeness (QED) is 0.828. The van der Waals surface area contributed by atoms with Gasteiger partial charge < -0.3 is 14.2 Å². The number of nitrogens with zero attached hydrogens (tertiary/aromatic N) is 3. The van der Waals surface area contributed by atoms with Crippen LogP contribution >= 0.6 is 0 Å². The fraction of sp³-hybridized carbons (Fsp3) is 0.571. The number of hydrogen-bond acceptors (Lipinski definition) is 5. The third kappa shape index (κ3) is 3.90. The lowest BCUT2D eigenvalue weighted by Crippen LogP contribution is -2.37. The fourth-order valence-electron chi connectivity index (χ4n) is 4.28. The van der Waals surface area contributed by atoms with E-state index in [-0.39, 0.29) is 5.92 Å². The van der Waals surface area contributed by atoms with Crippen LogP contribution in [0.1, 0.15) is 36.4 Å². The van der Waals surface area contributed by atoms with Gasteiger partial charge in [0.25, 0.3) is 0 Å². The Bertz CT molecular complexity index is 791. The molecule has 1 amide bonds. The molecule has 0 saturated carbocycles. The summed E-state index contributed by atoms with van der Waals surface area (Å²) in [4.78, 5) is 19.6. The molecule has 0 N–H and O–H groups in total. The van der Waals surface area contributed by atoms with Crippen molar-refractivity contribution in [3.63, 3.8) is 0 Å². The molecular weight excluding hydrogens is 342 g/mol. The summed E-state index contributed by atoms with van der Waals surface area (Å²) in [6.07, 6.45) is 3.67. The van der Waals surface area contributed by atoms with Crippen molar-refractivity contribution in [3.05, 3.63) is 35.3 Å². The Labute approximate surface area is 159 Å². The molecule has 1 atom stereocenters. The van der Waals surface area contributed by atoms with Crippen LogP contribution in [0.4, 0.5) is 0 Å². The number of aromatic nitrogens is 2. The number of carbonyl (C=O) groups is 1. The molecule has 144 valence electrons. The molecule has 4 rings (SSSR count). The number of hydrogen-bond donors (Lipinski definition) is 0. The van der Waals surface area contributed by atoms with E-state index in [0.717, 1.165) is 67.2 Å². The van der Waals surface area contributed by atoms with E-state index >= 15 is 0 Å². The normalized spacial score (nSPS) is 21.0. The highest BCUT2D eigenvalue weighted by molar-refractivity contribution is 5.79. The molecule has 0 aliphatic carbocycles. The first-order valence-corrected chi connectivity index (χ1v) is 9.87. The molecule has 27 heavy (non-hydrogen) atoms. The van der Waals surface area contributed by atoms with Gasteiger partial charge in [-0.1, -0.05) is 11.2 Å². The number of rotatable bonds is 4. The van der Waals surface area contributed by atoms with Crippen LogP contribution < -0.4 is 0 Å². The molecule has 0 radical (unpaired) electrons. The van der Waals surface area contributed by atoms with Crippen LogP contribution in [0, 0.1) is 25.7 Å². The van der Waals surface area contributed by atoms with Gasteiger partial charge in [-0.25, -0.2) is 0 Å². The van der Waals surface area contributed by atoms with Gasteiger partial charge in [-0.05, 0) is 57.6 Å². The van der Waals surface area contributed by atoms with Crippen LogP contribution in [0.2, 0.25) is 0 Å². The molecule has 6 heteroatoms. The van der Waals surface area contributed by atoms with Crippen LogP contribution in [-0.4, -0.2) is 47.3 Å². The maximum atomic E-state index is 12.7. The summed E-state index contributed by atoms with van der Waals surface area (Å²) in [6, 6.07) is 6.12. The number of ether oxygens (including phenoxy) is 1. The Balaban J connectivity index is 1.40. The molecule has 0 unspecified atom stereocenters. The molecule has 0 aromatic carbocycles. The van der Waals surface area contributed by atoms with Crippen molar-refractivity contribution in [2.75, 3.05) is 26.3 Å². The Morgan fingerprint density at radius 3 is 2.78 bits per heavy atom. The molecule has 0 bridgehead atoms. The summed E-state index contributed by atoms with van der Waals surface area (Å²) < 4.78 is 10.7. The van der Waals surface area contributed by atoms with Crippen molar-refractivity contribution in [2.24, 2.45) is 11.8 Å². The van der Waals surface area contributed by atoms with E-state index in [1.165, 1.54) is 0 Å². The highest BCUT2D eigenvalue weighted by Crippen LogP contribution is 2.28. The summed E-state index contributed by atoms with van der Waals surface area (Å²) in [7, 11) is 0. The highest BCUT2D eigenvalue weighted by Gasteiger charge is 2.32. The van der Waals surface area contributed by atoms with E-state index in [4.69, 9.17) is 14.2 Å². The van der Waals surface area contributed by atoms with Crippen molar-refractivity contribution >= 4 is 5.91 Å². The second kappa shape index (κ2) is 7.80. The van der Waals surface area contributed by atoms with Gasteiger partial charge in [0.2, 0.25) is 5.91 Å². The first-order chi connectivity index (χ1) is 13.1. The Hall–Kier alpha value is -2.21. The lowest BCUT2D eigenvalue weighted by molar-refractivity contribution is -0.137. The first kappa shape index (κ1) is 18.2. The standard InChI is InChI=1S/C21H27N3O3/c1-14-20(15(2)27-23-14)19-5-3-4-18(22-19)12-16-6-9-24(13-16)21(25)17-7-10-26-11-8-17/h3-5,16-17H,6-13H2,1-2H3/t16-/m0/s1. The van der Waals surface area contributed by atoms with Crippen molar-refractivity contribution in [1.29, 1.82) is 0 Å². The van der Waals surface area contributed by atoms with E-state index in [1.807, 2.05) is 26.0 Å². The van der Waals surface area contributed by atoms with Crippen molar-refractivity contribution < 1.29 is 14.1 Å². The zero-order valence-electron chi connectivity index (χ0n) is 16.1. The van der Waals surface area contributed by atoms with E-state index in [0.29, 0.717) is 25.0 Å². The maximum Gasteiger partial charge on any atom is 0.225 e. The highest BCUT2D eigenvalue weighted by atomic mass is 16.5. The first-order valence-electron chi connectivity index (χ1n) is 9.87. The lowest BCUT2D eigenvalue weighted by Gasteiger charge is -2.26. The van der Waals surface area contributed by atoms with Gasteiger partial charge in [0.15, 0.2) is 0 Å². The predicted octanol–water partition coefficient (Wildman–Crippen LogP) is 3.17. The van der Waals surface area contributed by atoms with Gasteiger partial charge in [0, 0.05) is 37.9 Å². The van der Waals surface area contributed by atoms with Crippen LogP contribution in [0.25, 0.3) is 11.3 Å². The van der Waals surface area contributed by atoms with E-state index < -0.39 is 0 Å². The van der Waals surface area contributed by atoms with E-state index in [1.54, 1.807) is 0 Å². The largest absolute Gasteiger partial charge is 0.381 e. The number of likely N-dealkylation sites (tertiary alicyclic amines) is 1. The number of aryl methyl sites for hydroxylation is 2. The van der Waals surface area contributed by atoms with Gasteiger partial charge in [-0.15, -0.1) is 0 Å². The zero-order chi connectivity index (χ0) is 18.8. The Morgan fingerprint density at radius 1 is 1.22 bits per heavy atom. The molecule has 2 fully saturated rings. The van der Waals surface area contributed by atoms with Gasteiger partial charge in [0.1, 0.15) is 5.76 Å². The van der Waals surface area contributed by atoms with Crippen molar-refractivity contribution in [1.82, 2.24) is 15.0 Å². The number of amides is 1. The topological polar surface area (TPSA) is 68.5 Å². The Morgan fingerprint density at radius 2 is 2.04 bits per heavy atom. The van der Waals surface area contributed by atoms with Gasteiger partial charge in [-0.2, -0.15) is 0 Å². The average Bonchev–Trinajstić information content (AvgIpc) is 3.28. The van der Waals surface area contributed by atoms with Crippen LogP contribution in [0.3, 0.4) is 0 Å². The zero-order valence-corrected chi connectivity index (χ0v) is 16.1. The predicted molar refractivity (Wildman–Crippen MR) is 101 cm³/mol. The molecule has 6 nitrogen and oxygen atoms in total. The Kier molecular flexibility index (Phi) is 5.25. The number of pyridine rings is 1. The summed E-state index contributed by atoms with van der Waals surface area (Å²) in [6.45, 7) is 6.99. The monoisotopic (exact) mass is 369 g/mol. The average molecular weight is 369 g/mol. The van der Waals surface area contributed by atoms with Crippen LogP contribution in [0.15, 0.2) is 22.7 Å². The molecule has 2 aliphatic rings. The van der Waals surface area contributed by atoms with Gasteiger partial charge in [0.05, 0.1) is 17.0 Å². The molecule has 2 aromatic heterocycles. The summed E-state index contributed by atoms with van der Waals surface area (Å²) >= 11 is 0. The molecule has 2 aliphatic heterocycles. The minimum Gasteiger partial charge on any atom is -0.381 e. The van der Waals surface area contributed by atoms with Gasteiger partial charge >= 0.3 is 0 Å². The third-order valence-corrected chi connectivity index (χ3v) is 5.76.